The summed E-state index contributed by atoms with van der Waals surface area (Å²) < 4.78 is 0. The Morgan fingerprint density at radius 2 is 2.05 bits per heavy atom. The number of nitrogens with zero attached hydrogens (tertiary/aromatic N) is 1. The summed E-state index contributed by atoms with van der Waals surface area (Å²) in [4.78, 5) is 22.7. The van der Waals surface area contributed by atoms with Gasteiger partial charge in [0.1, 0.15) is 0 Å². The third-order valence-electron chi connectivity index (χ3n) is 3.00. The molecule has 0 spiro atoms. The van der Waals surface area contributed by atoms with Gasteiger partial charge in [-0.2, -0.15) is 5.10 Å². The van der Waals surface area contributed by atoms with Crippen molar-refractivity contribution in [2.75, 3.05) is 0 Å². The molecule has 0 bridgehead atoms. The molecule has 21 heavy (non-hydrogen) atoms. The summed E-state index contributed by atoms with van der Waals surface area (Å²) in [5.74, 6) is -0.681. The Morgan fingerprint density at radius 1 is 1.33 bits per heavy atom. The zero-order chi connectivity index (χ0) is 15.2. The molecule has 1 aromatic carbocycles. The number of carbonyl (C=O) groups is 2. The molecule has 2 amide bonds. The van der Waals surface area contributed by atoms with E-state index in [9.17, 15) is 9.59 Å². The molecule has 0 aliphatic rings. The van der Waals surface area contributed by atoms with Crippen molar-refractivity contribution in [2.24, 2.45) is 5.73 Å². The molecular formula is C15H16N4O2. The van der Waals surface area contributed by atoms with Gasteiger partial charge in [0.15, 0.2) is 0 Å². The maximum atomic E-state index is 11.8. The second-order valence-corrected chi connectivity index (χ2v) is 4.58. The molecule has 6 nitrogen and oxygen atoms in total. The van der Waals surface area contributed by atoms with Crippen molar-refractivity contribution in [3.8, 4) is 0 Å². The average Bonchev–Trinajstić information content (AvgIpc) is 3.00. The number of rotatable bonds is 5. The van der Waals surface area contributed by atoms with Crippen LogP contribution in [0.4, 0.5) is 0 Å². The van der Waals surface area contributed by atoms with Crippen LogP contribution in [0.2, 0.25) is 0 Å². The first-order chi connectivity index (χ1) is 10.1. The molecule has 0 fully saturated rings. The van der Waals surface area contributed by atoms with Crippen LogP contribution in [0.5, 0.6) is 0 Å². The predicted molar refractivity (Wildman–Crippen MR) is 79.1 cm³/mol. The SMILES string of the molecule is CC(NC(=O)/C=C/c1ccc(C(N)=O)cc1)c1cn[nH]c1. The van der Waals surface area contributed by atoms with Gasteiger partial charge >= 0.3 is 0 Å². The number of aromatic amines is 1. The second-order valence-electron chi connectivity index (χ2n) is 4.58. The summed E-state index contributed by atoms with van der Waals surface area (Å²) >= 11 is 0. The Balaban J connectivity index is 1.94. The maximum Gasteiger partial charge on any atom is 0.248 e. The number of primary amides is 1. The van der Waals surface area contributed by atoms with Crippen molar-refractivity contribution in [1.82, 2.24) is 15.5 Å². The number of H-pyrrole nitrogens is 1. The van der Waals surface area contributed by atoms with Crippen LogP contribution in [0, 0.1) is 0 Å². The second kappa shape index (κ2) is 6.51. The number of hydrogen-bond donors (Lipinski definition) is 3. The highest BCUT2D eigenvalue weighted by molar-refractivity contribution is 5.94. The molecule has 4 N–H and O–H groups in total. The molecule has 1 atom stereocenters. The lowest BCUT2D eigenvalue weighted by Crippen LogP contribution is -2.24. The highest BCUT2D eigenvalue weighted by Gasteiger charge is 2.07. The van der Waals surface area contributed by atoms with E-state index in [4.69, 9.17) is 5.73 Å². The van der Waals surface area contributed by atoms with E-state index in [1.807, 2.05) is 6.92 Å². The lowest BCUT2D eigenvalue weighted by Gasteiger charge is -2.09. The smallest absolute Gasteiger partial charge is 0.248 e. The van der Waals surface area contributed by atoms with Crippen LogP contribution in [0.3, 0.4) is 0 Å². The van der Waals surface area contributed by atoms with Crippen LogP contribution in [0.25, 0.3) is 6.08 Å². The molecule has 0 aliphatic heterocycles. The van der Waals surface area contributed by atoms with Crippen molar-refractivity contribution in [2.45, 2.75) is 13.0 Å². The van der Waals surface area contributed by atoms with Crippen LogP contribution in [0.1, 0.15) is 34.5 Å². The first-order valence-electron chi connectivity index (χ1n) is 6.43. The first kappa shape index (κ1) is 14.5. The Bertz CT molecular complexity index is 645. The van der Waals surface area contributed by atoms with E-state index >= 15 is 0 Å². The number of nitrogens with two attached hydrogens (primary N) is 1. The molecule has 2 aromatic rings. The third-order valence-corrected chi connectivity index (χ3v) is 3.00. The minimum atomic E-state index is -0.475. The number of benzene rings is 1. The van der Waals surface area contributed by atoms with Gasteiger partial charge in [0.05, 0.1) is 12.2 Å². The van der Waals surface area contributed by atoms with Gasteiger partial charge in [-0.3, -0.25) is 14.7 Å². The Kier molecular flexibility index (Phi) is 4.50. The normalized spacial score (nSPS) is 12.2. The number of nitrogens with one attached hydrogen (secondary N) is 2. The van der Waals surface area contributed by atoms with Gasteiger partial charge in [0.2, 0.25) is 11.8 Å². The molecule has 0 aliphatic carbocycles. The van der Waals surface area contributed by atoms with Gasteiger partial charge in [0.25, 0.3) is 0 Å². The van der Waals surface area contributed by atoms with Crippen LogP contribution in [-0.2, 0) is 4.79 Å². The Hall–Kier alpha value is -2.89. The van der Waals surface area contributed by atoms with Gasteiger partial charge in [-0.1, -0.05) is 12.1 Å². The van der Waals surface area contributed by atoms with Gasteiger partial charge in [-0.25, -0.2) is 0 Å². The monoisotopic (exact) mass is 284 g/mol. The quantitative estimate of drug-likeness (QED) is 0.723. The van der Waals surface area contributed by atoms with Crippen LogP contribution < -0.4 is 11.1 Å². The molecule has 2 rings (SSSR count). The van der Waals surface area contributed by atoms with Crippen molar-refractivity contribution in [1.29, 1.82) is 0 Å². The summed E-state index contributed by atoms with van der Waals surface area (Å²) in [6.45, 7) is 1.87. The molecule has 1 unspecified atom stereocenters. The molecule has 0 saturated heterocycles. The number of hydrogen-bond acceptors (Lipinski definition) is 3. The Labute approximate surface area is 122 Å². The van der Waals surface area contributed by atoms with E-state index in [2.05, 4.69) is 15.5 Å². The molecule has 108 valence electrons. The lowest BCUT2D eigenvalue weighted by molar-refractivity contribution is -0.117. The zero-order valence-corrected chi connectivity index (χ0v) is 11.5. The minimum Gasteiger partial charge on any atom is -0.366 e. The maximum absolute atomic E-state index is 11.8. The van der Waals surface area contributed by atoms with E-state index < -0.39 is 5.91 Å². The largest absolute Gasteiger partial charge is 0.366 e. The van der Waals surface area contributed by atoms with E-state index in [1.165, 1.54) is 6.08 Å². The summed E-state index contributed by atoms with van der Waals surface area (Å²) in [5.41, 5.74) is 7.31. The molecule has 0 saturated carbocycles. The fourth-order valence-electron chi connectivity index (χ4n) is 1.77. The third kappa shape index (κ3) is 4.04. The molecular weight excluding hydrogens is 268 g/mol. The summed E-state index contributed by atoms with van der Waals surface area (Å²) in [6, 6.07) is 6.56. The topological polar surface area (TPSA) is 101 Å². The molecule has 0 radical (unpaired) electrons. The lowest BCUT2D eigenvalue weighted by atomic mass is 10.1. The van der Waals surface area contributed by atoms with Crippen molar-refractivity contribution < 1.29 is 9.59 Å². The summed E-state index contributed by atoms with van der Waals surface area (Å²) in [6.07, 6.45) is 6.51. The van der Waals surface area contributed by atoms with Gasteiger partial charge in [-0.15, -0.1) is 0 Å². The first-order valence-corrected chi connectivity index (χ1v) is 6.43. The van der Waals surface area contributed by atoms with Crippen molar-refractivity contribution in [3.05, 3.63) is 59.4 Å². The highest BCUT2D eigenvalue weighted by atomic mass is 16.1. The predicted octanol–water partition coefficient (Wildman–Crippen LogP) is 1.40. The molecule has 6 heteroatoms. The summed E-state index contributed by atoms with van der Waals surface area (Å²) in [5, 5.41) is 9.36. The fourth-order valence-corrected chi connectivity index (χ4v) is 1.77. The van der Waals surface area contributed by atoms with E-state index in [1.54, 1.807) is 42.7 Å². The van der Waals surface area contributed by atoms with Crippen molar-refractivity contribution >= 4 is 17.9 Å². The minimum absolute atomic E-state index is 0.127. The number of amides is 2. The summed E-state index contributed by atoms with van der Waals surface area (Å²) in [7, 11) is 0. The van der Waals surface area contributed by atoms with E-state index in [-0.39, 0.29) is 11.9 Å². The standard InChI is InChI=1S/C15H16N4O2/c1-10(13-8-17-18-9-13)19-14(20)7-4-11-2-5-12(6-3-11)15(16)21/h2-10H,1H3,(H2,16,21)(H,17,18)(H,19,20)/b7-4+. The van der Waals surface area contributed by atoms with Crippen LogP contribution >= 0.6 is 0 Å². The number of aromatic nitrogens is 2. The molecule has 1 heterocycles. The molecule has 1 aromatic heterocycles. The van der Waals surface area contributed by atoms with Gasteiger partial charge < -0.3 is 11.1 Å². The van der Waals surface area contributed by atoms with Crippen LogP contribution in [-0.4, -0.2) is 22.0 Å². The average molecular weight is 284 g/mol. The van der Waals surface area contributed by atoms with Crippen molar-refractivity contribution in [3.63, 3.8) is 0 Å². The van der Waals surface area contributed by atoms with Gasteiger partial charge in [-0.05, 0) is 30.7 Å². The number of carbonyl (C=O) groups excluding carboxylic acids is 2. The highest BCUT2D eigenvalue weighted by Crippen LogP contribution is 2.09. The zero-order valence-electron chi connectivity index (χ0n) is 11.5. The fraction of sp³-hybridized carbons (Fsp3) is 0.133. The van der Waals surface area contributed by atoms with Crippen LogP contribution in [0.15, 0.2) is 42.7 Å². The Morgan fingerprint density at radius 3 is 2.62 bits per heavy atom. The van der Waals surface area contributed by atoms with E-state index in [0.29, 0.717) is 5.56 Å². The van der Waals surface area contributed by atoms with E-state index in [0.717, 1.165) is 11.1 Å². The van der Waals surface area contributed by atoms with Gasteiger partial charge in [0, 0.05) is 23.4 Å².